The maximum Gasteiger partial charge on any atom is 0.513 e. The van der Waals surface area contributed by atoms with Gasteiger partial charge in [-0.3, -0.25) is 14.3 Å². The molecule has 1 fully saturated rings. The number of aromatic nitrogens is 2. The van der Waals surface area contributed by atoms with Gasteiger partial charge in [-0.1, -0.05) is 30.8 Å². The Labute approximate surface area is 164 Å². The minimum Gasteiger partial charge on any atom is -0.473 e. The molecule has 1 aromatic heterocycles. The largest absolute Gasteiger partial charge is 0.513 e. The first kappa shape index (κ1) is 21.3. The number of aromatic amines is 1. The molecule has 150 valence electrons. The number of carbonyl (C=O) groups excluding carboxylic acids is 1. The number of H-pyrrole nitrogens is 1. The van der Waals surface area contributed by atoms with Crippen LogP contribution in [0, 0.1) is 0 Å². The van der Waals surface area contributed by atoms with Crippen molar-refractivity contribution < 1.29 is 28.9 Å². The summed E-state index contributed by atoms with van der Waals surface area (Å²) < 4.78 is 17.0. The lowest BCUT2D eigenvalue weighted by Crippen LogP contribution is -2.32. The average molecular weight is 410 g/mol. The molecule has 0 aliphatic carbocycles. The molecule has 3 rings (SSSR count). The van der Waals surface area contributed by atoms with Crippen LogP contribution in [0.25, 0.3) is 0 Å². The van der Waals surface area contributed by atoms with Crippen LogP contribution in [0.1, 0.15) is 19.1 Å². The predicted molar refractivity (Wildman–Crippen MR) is 99.9 cm³/mol. The highest BCUT2D eigenvalue weighted by molar-refractivity contribution is 7.96. The molecule has 2 N–H and O–H groups in total. The summed E-state index contributed by atoms with van der Waals surface area (Å²) in [5, 5.41) is 6.14. The van der Waals surface area contributed by atoms with Crippen molar-refractivity contribution in [1.82, 2.24) is 9.55 Å². The maximum atomic E-state index is 11.7. The van der Waals surface area contributed by atoms with Crippen LogP contribution in [0.3, 0.4) is 0 Å². The van der Waals surface area contributed by atoms with Gasteiger partial charge >= 0.3 is 17.1 Å². The summed E-state index contributed by atoms with van der Waals surface area (Å²) in [7, 11) is 0. The lowest BCUT2D eigenvalue weighted by Gasteiger charge is -2.15. The first-order valence-corrected chi connectivity index (χ1v) is 8.58. The summed E-state index contributed by atoms with van der Waals surface area (Å²) in [4.78, 5) is 45.4. The Morgan fingerprint density at radius 2 is 1.89 bits per heavy atom. The van der Waals surface area contributed by atoms with Crippen molar-refractivity contribution in [3.05, 3.63) is 63.4 Å². The van der Waals surface area contributed by atoms with Crippen molar-refractivity contribution in [3.8, 4) is 5.75 Å². The van der Waals surface area contributed by atoms with Gasteiger partial charge in [0.2, 0.25) is 0 Å². The van der Waals surface area contributed by atoms with E-state index in [1.54, 1.807) is 24.3 Å². The molecule has 10 nitrogen and oxygen atoms in total. The normalized spacial score (nSPS) is 17.9. The van der Waals surface area contributed by atoms with E-state index in [1.807, 2.05) is 6.07 Å². The third kappa shape index (κ3) is 6.93. The van der Waals surface area contributed by atoms with E-state index in [2.05, 4.69) is 17.6 Å². The minimum atomic E-state index is -1.14. The van der Waals surface area contributed by atoms with E-state index in [-0.39, 0.29) is 12.7 Å². The van der Waals surface area contributed by atoms with Gasteiger partial charge in [0.25, 0.3) is 5.56 Å². The van der Waals surface area contributed by atoms with E-state index in [0.29, 0.717) is 18.6 Å². The second-order valence-corrected chi connectivity index (χ2v) is 5.95. The summed E-state index contributed by atoms with van der Waals surface area (Å²) in [5.74, 6) is 0.396. The van der Waals surface area contributed by atoms with E-state index < -0.39 is 28.9 Å². The molecule has 11 heteroatoms. The van der Waals surface area contributed by atoms with Gasteiger partial charge in [0.15, 0.2) is 0 Å². The molecule has 1 aliphatic rings. The third-order valence-electron chi connectivity index (χ3n) is 3.58. The standard InChI is InChI=1S/C16H16N2O6.CH2O2S/c19-13-8-9-18(15(20)17-13)14-7-6-12(23-14)10-22-16(21)24-11-4-2-1-3-5-11;2-1(3)4/h1-5,8-9,12,14H,6-7,10H2,(H,17,19,20);4H,(H,2,3). The number of nitrogens with one attached hydrogen (secondary N) is 1. The molecule has 28 heavy (non-hydrogen) atoms. The van der Waals surface area contributed by atoms with Crippen LogP contribution in [0.4, 0.5) is 9.59 Å². The van der Waals surface area contributed by atoms with Crippen molar-refractivity contribution >= 4 is 24.1 Å². The quantitative estimate of drug-likeness (QED) is 0.396. The average Bonchev–Trinajstić information content (AvgIpc) is 3.09. The fraction of sp³-hybridized carbons (Fsp3) is 0.294. The molecule has 0 spiro atoms. The van der Waals surface area contributed by atoms with E-state index in [1.165, 1.54) is 16.8 Å². The molecule has 2 aromatic rings. The van der Waals surface area contributed by atoms with Crippen LogP contribution in [-0.4, -0.2) is 38.8 Å². The van der Waals surface area contributed by atoms with Crippen LogP contribution < -0.4 is 16.0 Å². The maximum absolute atomic E-state index is 11.7. The van der Waals surface area contributed by atoms with Gasteiger partial charge in [0.1, 0.15) is 18.6 Å². The number of rotatable bonds is 4. The van der Waals surface area contributed by atoms with Crippen molar-refractivity contribution in [2.24, 2.45) is 0 Å². The van der Waals surface area contributed by atoms with Crippen LogP contribution >= 0.6 is 12.6 Å². The minimum absolute atomic E-state index is 0.0280. The number of para-hydroxylation sites is 1. The summed E-state index contributed by atoms with van der Waals surface area (Å²) in [6.45, 7) is 0.0280. The highest BCUT2D eigenvalue weighted by Crippen LogP contribution is 2.27. The third-order valence-corrected chi connectivity index (χ3v) is 3.58. The van der Waals surface area contributed by atoms with Crippen molar-refractivity contribution in [2.45, 2.75) is 25.2 Å². The van der Waals surface area contributed by atoms with Gasteiger partial charge in [-0.05, 0) is 25.0 Å². The summed E-state index contributed by atoms with van der Waals surface area (Å²) in [6.07, 6.45) is 0.945. The lowest BCUT2D eigenvalue weighted by molar-refractivity contribution is -0.0337. The van der Waals surface area contributed by atoms with Gasteiger partial charge in [0.05, 0.1) is 6.10 Å². The van der Waals surface area contributed by atoms with Gasteiger partial charge < -0.3 is 19.3 Å². The molecule has 0 saturated carbocycles. The smallest absolute Gasteiger partial charge is 0.473 e. The fourth-order valence-corrected chi connectivity index (χ4v) is 2.44. The van der Waals surface area contributed by atoms with Gasteiger partial charge in [-0.25, -0.2) is 14.4 Å². The predicted octanol–water partition coefficient (Wildman–Crippen LogP) is 2.02. The molecule has 2 atom stereocenters. The Morgan fingerprint density at radius 1 is 1.21 bits per heavy atom. The molecule has 1 saturated heterocycles. The van der Waals surface area contributed by atoms with E-state index in [9.17, 15) is 14.4 Å². The van der Waals surface area contributed by atoms with Crippen LogP contribution in [0.2, 0.25) is 0 Å². The van der Waals surface area contributed by atoms with E-state index in [4.69, 9.17) is 24.1 Å². The number of hydrogen-bond donors (Lipinski definition) is 3. The lowest BCUT2D eigenvalue weighted by atomic mass is 10.2. The zero-order valence-corrected chi connectivity index (χ0v) is 15.4. The SMILES string of the molecule is O=C(O)S.O=C(OCC1CCC(n2ccc(=O)[nH]c2=O)O1)Oc1ccccc1. The van der Waals surface area contributed by atoms with Crippen molar-refractivity contribution in [2.75, 3.05) is 6.61 Å². The molecule has 1 aliphatic heterocycles. The number of thiol groups is 1. The number of benzene rings is 1. The van der Waals surface area contributed by atoms with Crippen molar-refractivity contribution in [3.63, 3.8) is 0 Å². The monoisotopic (exact) mass is 410 g/mol. The van der Waals surface area contributed by atoms with Crippen LogP contribution in [0.15, 0.2) is 52.2 Å². The molecule has 0 radical (unpaired) electrons. The number of hydrogen-bond acceptors (Lipinski definition) is 7. The Kier molecular flexibility index (Phi) is 7.84. The summed E-state index contributed by atoms with van der Waals surface area (Å²) in [5.41, 5.74) is -0.990. The zero-order valence-electron chi connectivity index (χ0n) is 14.5. The molecular weight excluding hydrogens is 392 g/mol. The molecular formula is C17H18N2O8S. The highest BCUT2D eigenvalue weighted by atomic mass is 32.1. The summed E-state index contributed by atoms with van der Waals surface area (Å²) >= 11 is 2.88. The van der Waals surface area contributed by atoms with E-state index in [0.717, 1.165) is 0 Å². The van der Waals surface area contributed by atoms with Gasteiger partial charge in [0, 0.05) is 12.3 Å². The first-order valence-electron chi connectivity index (χ1n) is 8.13. The Hall–Kier alpha value is -3.05. The Bertz CT molecular complexity index is 907. The second kappa shape index (κ2) is 10.3. The highest BCUT2D eigenvalue weighted by Gasteiger charge is 2.28. The topological polar surface area (TPSA) is 137 Å². The van der Waals surface area contributed by atoms with Crippen LogP contribution in [0.5, 0.6) is 5.75 Å². The second-order valence-electron chi connectivity index (χ2n) is 5.57. The van der Waals surface area contributed by atoms with Gasteiger partial charge in [-0.2, -0.15) is 0 Å². The van der Waals surface area contributed by atoms with Gasteiger partial charge in [-0.15, -0.1) is 0 Å². The number of carboxylic acid groups (broad SMARTS) is 1. The Balaban J connectivity index is 0.000000640. The van der Waals surface area contributed by atoms with E-state index >= 15 is 0 Å². The number of nitrogens with zero attached hydrogens (tertiary/aromatic N) is 1. The van der Waals surface area contributed by atoms with Crippen molar-refractivity contribution in [1.29, 1.82) is 0 Å². The number of carbonyl (C=O) groups is 2. The Morgan fingerprint density at radius 3 is 2.54 bits per heavy atom. The number of ether oxygens (including phenoxy) is 3. The molecule has 2 unspecified atom stereocenters. The summed E-state index contributed by atoms with van der Waals surface area (Å²) in [6, 6.07) is 9.84. The fourth-order valence-electron chi connectivity index (χ4n) is 2.44. The molecule has 1 aromatic carbocycles. The zero-order chi connectivity index (χ0) is 20.5. The molecule has 2 heterocycles. The first-order chi connectivity index (χ1) is 13.3. The molecule has 0 amide bonds. The molecule has 0 bridgehead atoms. The van der Waals surface area contributed by atoms with Crippen LogP contribution in [-0.2, 0) is 9.47 Å².